The molecule has 100 valence electrons. The van der Waals surface area contributed by atoms with Gasteiger partial charge >= 0.3 is 0 Å². The highest BCUT2D eigenvalue weighted by atomic mass is 16.5. The quantitative estimate of drug-likeness (QED) is 0.858. The van der Waals surface area contributed by atoms with Crippen molar-refractivity contribution in [2.45, 2.75) is 20.0 Å². The van der Waals surface area contributed by atoms with Crippen molar-refractivity contribution >= 4 is 0 Å². The van der Waals surface area contributed by atoms with Gasteiger partial charge in [0.2, 0.25) is 0 Å². The molecule has 0 heterocycles. The van der Waals surface area contributed by atoms with Gasteiger partial charge in [0.1, 0.15) is 12.4 Å². The van der Waals surface area contributed by atoms with Gasteiger partial charge in [0.25, 0.3) is 0 Å². The minimum atomic E-state index is 0.217. The molecule has 0 spiro atoms. The Hall–Kier alpha value is -1.80. The second kappa shape index (κ2) is 6.95. The maximum absolute atomic E-state index is 9.09. The van der Waals surface area contributed by atoms with Gasteiger partial charge in [-0.05, 0) is 35.6 Å². The number of hydrogen-bond acceptors (Lipinski definition) is 2. The minimum absolute atomic E-state index is 0.217. The third-order valence-electron chi connectivity index (χ3n) is 3.04. The summed E-state index contributed by atoms with van der Waals surface area (Å²) in [5.74, 6) is 1.16. The SMILES string of the molecule is C[C@@H](CO)Cc1cccc(OCc2ccccc2)c1. The Balaban J connectivity index is 1.95. The third kappa shape index (κ3) is 4.42. The molecule has 0 bridgehead atoms. The van der Waals surface area contributed by atoms with Crippen molar-refractivity contribution in [3.8, 4) is 5.75 Å². The lowest BCUT2D eigenvalue weighted by Crippen LogP contribution is -2.04. The maximum atomic E-state index is 9.09. The van der Waals surface area contributed by atoms with Crippen molar-refractivity contribution in [3.05, 3.63) is 65.7 Å². The van der Waals surface area contributed by atoms with Crippen LogP contribution in [0.1, 0.15) is 18.1 Å². The third-order valence-corrected chi connectivity index (χ3v) is 3.04. The normalized spacial score (nSPS) is 12.1. The zero-order valence-corrected chi connectivity index (χ0v) is 11.3. The van der Waals surface area contributed by atoms with Crippen LogP contribution in [0.2, 0.25) is 0 Å². The molecule has 0 aromatic heterocycles. The van der Waals surface area contributed by atoms with E-state index in [4.69, 9.17) is 9.84 Å². The Morgan fingerprint density at radius 1 is 1.00 bits per heavy atom. The van der Waals surface area contributed by atoms with E-state index in [0.717, 1.165) is 17.7 Å². The molecule has 1 atom stereocenters. The summed E-state index contributed by atoms with van der Waals surface area (Å²) in [6, 6.07) is 18.2. The molecule has 2 aromatic carbocycles. The van der Waals surface area contributed by atoms with Crippen LogP contribution in [0.15, 0.2) is 54.6 Å². The average Bonchev–Trinajstić information content (AvgIpc) is 2.46. The lowest BCUT2D eigenvalue weighted by molar-refractivity contribution is 0.237. The molecule has 2 rings (SSSR count). The highest BCUT2D eigenvalue weighted by Crippen LogP contribution is 2.17. The average molecular weight is 256 g/mol. The lowest BCUT2D eigenvalue weighted by Gasteiger charge is -2.10. The Kier molecular flexibility index (Phi) is 4.99. The molecule has 0 saturated heterocycles. The van der Waals surface area contributed by atoms with Crippen molar-refractivity contribution in [1.82, 2.24) is 0 Å². The van der Waals surface area contributed by atoms with Gasteiger partial charge in [-0.15, -0.1) is 0 Å². The van der Waals surface area contributed by atoms with Crippen molar-refractivity contribution in [3.63, 3.8) is 0 Å². The monoisotopic (exact) mass is 256 g/mol. The molecule has 2 heteroatoms. The van der Waals surface area contributed by atoms with Gasteiger partial charge in [-0.3, -0.25) is 0 Å². The summed E-state index contributed by atoms with van der Waals surface area (Å²) in [5.41, 5.74) is 2.36. The topological polar surface area (TPSA) is 29.5 Å². The molecule has 0 radical (unpaired) electrons. The van der Waals surface area contributed by atoms with Crippen LogP contribution in [0, 0.1) is 5.92 Å². The molecular formula is C17H20O2. The number of hydrogen-bond donors (Lipinski definition) is 1. The molecule has 2 aromatic rings. The van der Waals surface area contributed by atoms with Crippen molar-refractivity contribution < 1.29 is 9.84 Å². The zero-order valence-electron chi connectivity index (χ0n) is 11.3. The summed E-state index contributed by atoms with van der Waals surface area (Å²) in [6.45, 7) is 2.84. The first-order valence-corrected chi connectivity index (χ1v) is 6.64. The van der Waals surface area contributed by atoms with E-state index in [2.05, 4.69) is 24.3 Å². The number of aliphatic hydroxyl groups excluding tert-OH is 1. The maximum Gasteiger partial charge on any atom is 0.120 e. The number of ether oxygens (including phenoxy) is 1. The fourth-order valence-electron chi connectivity index (χ4n) is 1.97. The second-order valence-electron chi connectivity index (χ2n) is 4.91. The van der Waals surface area contributed by atoms with E-state index in [0.29, 0.717) is 6.61 Å². The smallest absolute Gasteiger partial charge is 0.120 e. The Labute approximate surface area is 114 Å². The van der Waals surface area contributed by atoms with Crippen molar-refractivity contribution in [1.29, 1.82) is 0 Å². The van der Waals surface area contributed by atoms with Gasteiger partial charge in [-0.25, -0.2) is 0 Å². The Bertz CT molecular complexity index is 494. The molecule has 0 fully saturated rings. The molecule has 2 nitrogen and oxygen atoms in total. The first-order valence-electron chi connectivity index (χ1n) is 6.64. The van der Waals surface area contributed by atoms with E-state index < -0.39 is 0 Å². The van der Waals surface area contributed by atoms with Gasteiger partial charge in [0.05, 0.1) is 0 Å². The van der Waals surface area contributed by atoms with Crippen molar-refractivity contribution in [2.24, 2.45) is 5.92 Å². The molecule has 1 N–H and O–H groups in total. The second-order valence-corrected chi connectivity index (χ2v) is 4.91. The Morgan fingerprint density at radius 3 is 2.47 bits per heavy atom. The summed E-state index contributed by atoms with van der Waals surface area (Å²) >= 11 is 0. The number of rotatable bonds is 6. The molecular weight excluding hydrogens is 236 g/mol. The van der Waals surface area contributed by atoms with E-state index in [-0.39, 0.29) is 12.5 Å². The number of aliphatic hydroxyl groups is 1. The predicted octanol–water partition coefficient (Wildman–Crippen LogP) is 3.44. The van der Waals surface area contributed by atoms with Gasteiger partial charge < -0.3 is 9.84 Å². The summed E-state index contributed by atoms with van der Waals surface area (Å²) < 4.78 is 5.79. The van der Waals surface area contributed by atoms with Crippen LogP contribution in [0.4, 0.5) is 0 Å². The first-order chi connectivity index (χ1) is 9.28. The first kappa shape index (κ1) is 13.6. The van der Waals surface area contributed by atoms with Gasteiger partial charge in [-0.2, -0.15) is 0 Å². The standard InChI is InChI=1S/C17H20O2/c1-14(12-18)10-16-8-5-9-17(11-16)19-13-15-6-3-2-4-7-15/h2-9,11,14,18H,10,12-13H2,1H3/t14-/m1/s1. The van der Waals surface area contributed by atoms with Crippen LogP contribution in [0.25, 0.3) is 0 Å². The van der Waals surface area contributed by atoms with E-state index in [1.165, 1.54) is 5.56 Å². The summed E-state index contributed by atoms with van der Waals surface area (Å²) in [7, 11) is 0. The van der Waals surface area contributed by atoms with Crippen molar-refractivity contribution in [2.75, 3.05) is 6.61 Å². The minimum Gasteiger partial charge on any atom is -0.489 e. The van der Waals surface area contributed by atoms with Crippen LogP contribution in [0.3, 0.4) is 0 Å². The van der Waals surface area contributed by atoms with E-state index >= 15 is 0 Å². The van der Waals surface area contributed by atoms with Gasteiger partial charge in [0.15, 0.2) is 0 Å². The molecule has 0 unspecified atom stereocenters. The fourth-order valence-corrected chi connectivity index (χ4v) is 1.97. The van der Waals surface area contributed by atoms with E-state index in [1.54, 1.807) is 0 Å². The number of benzene rings is 2. The predicted molar refractivity (Wildman–Crippen MR) is 77.2 cm³/mol. The van der Waals surface area contributed by atoms with Gasteiger partial charge in [-0.1, -0.05) is 49.4 Å². The highest BCUT2D eigenvalue weighted by Gasteiger charge is 2.03. The van der Waals surface area contributed by atoms with Crippen LogP contribution >= 0.6 is 0 Å². The molecule has 0 saturated carbocycles. The molecule has 0 amide bonds. The summed E-state index contributed by atoms with van der Waals surface area (Å²) in [6.07, 6.45) is 0.874. The van der Waals surface area contributed by atoms with Gasteiger partial charge in [0, 0.05) is 6.61 Å². The van der Waals surface area contributed by atoms with E-state index in [1.807, 2.05) is 37.3 Å². The summed E-state index contributed by atoms with van der Waals surface area (Å²) in [5, 5.41) is 9.09. The summed E-state index contributed by atoms with van der Waals surface area (Å²) in [4.78, 5) is 0. The Morgan fingerprint density at radius 2 is 1.74 bits per heavy atom. The molecule has 0 aliphatic rings. The molecule has 19 heavy (non-hydrogen) atoms. The van der Waals surface area contributed by atoms with Crippen LogP contribution in [-0.2, 0) is 13.0 Å². The molecule has 0 aliphatic carbocycles. The van der Waals surface area contributed by atoms with E-state index in [9.17, 15) is 0 Å². The lowest BCUT2D eigenvalue weighted by atomic mass is 10.0. The molecule has 0 aliphatic heterocycles. The largest absolute Gasteiger partial charge is 0.489 e. The van der Waals surface area contributed by atoms with Crippen LogP contribution in [-0.4, -0.2) is 11.7 Å². The van der Waals surface area contributed by atoms with Crippen LogP contribution in [0.5, 0.6) is 5.75 Å². The fraction of sp³-hybridized carbons (Fsp3) is 0.294. The van der Waals surface area contributed by atoms with Crippen LogP contribution < -0.4 is 4.74 Å². The zero-order chi connectivity index (χ0) is 13.5. The highest BCUT2D eigenvalue weighted by molar-refractivity contribution is 5.29.